The second-order valence-electron chi connectivity index (χ2n) is 3.43. The van der Waals surface area contributed by atoms with E-state index in [9.17, 15) is 4.79 Å². The van der Waals surface area contributed by atoms with Gasteiger partial charge in [-0.15, -0.1) is 0 Å². The summed E-state index contributed by atoms with van der Waals surface area (Å²) in [7, 11) is 0. The van der Waals surface area contributed by atoms with Gasteiger partial charge in [0.05, 0.1) is 6.04 Å². The number of carbonyl (C=O) groups is 1. The summed E-state index contributed by atoms with van der Waals surface area (Å²) in [6.07, 6.45) is 0.990. The molecule has 1 saturated heterocycles. The zero-order valence-electron chi connectivity index (χ0n) is 7.18. The fourth-order valence-electron chi connectivity index (χ4n) is 0.940. The molecule has 1 aliphatic heterocycles. The zero-order valence-corrected chi connectivity index (χ0v) is 7.18. The minimum atomic E-state index is 0.0914. The molecule has 0 aromatic heterocycles. The molecular formula is C8H16N2O. The normalized spacial score (nSPS) is 23.0. The fourth-order valence-corrected chi connectivity index (χ4v) is 0.940. The summed E-state index contributed by atoms with van der Waals surface area (Å²) in [4.78, 5) is 11.2. The molecule has 64 valence electrons. The topological polar surface area (TPSA) is 41.1 Å². The van der Waals surface area contributed by atoms with Crippen LogP contribution in [0.3, 0.4) is 0 Å². The summed E-state index contributed by atoms with van der Waals surface area (Å²) in [6, 6.07) is 0.0914. The van der Waals surface area contributed by atoms with Crippen LogP contribution < -0.4 is 10.6 Å². The van der Waals surface area contributed by atoms with Crippen LogP contribution in [-0.4, -0.2) is 25.0 Å². The van der Waals surface area contributed by atoms with Crippen molar-refractivity contribution >= 4 is 5.91 Å². The molecular weight excluding hydrogens is 140 g/mol. The van der Waals surface area contributed by atoms with E-state index in [0.717, 1.165) is 19.5 Å². The first kappa shape index (κ1) is 8.53. The van der Waals surface area contributed by atoms with E-state index in [1.54, 1.807) is 0 Å². The largest absolute Gasteiger partial charge is 0.354 e. The highest BCUT2D eigenvalue weighted by molar-refractivity contribution is 5.82. The number of amides is 1. The number of rotatable bonds is 3. The van der Waals surface area contributed by atoms with Crippen molar-refractivity contribution in [3.05, 3.63) is 0 Å². The Hall–Kier alpha value is -0.570. The number of carbonyl (C=O) groups excluding carboxylic acids is 1. The molecule has 1 aliphatic rings. The van der Waals surface area contributed by atoms with Crippen LogP contribution in [0.1, 0.15) is 20.3 Å². The van der Waals surface area contributed by atoms with Crippen molar-refractivity contribution in [3.63, 3.8) is 0 Å². The molecule has 3 nitrogen and oxygen atoms in total. The first-order valence-corrected chi connectivity index (χ1v) is 4.21. The van der Waals surface area contributed by atoms with Crippen molar-refractivity contribution in [2.24, 2.45) is 5.92 Å². The Bertz CT molecular complexity index is 141. The predicted octanol–water partition coefficient (Wildman–Crippen LogP) is 0.120. The van der Waals surface area contributed by atoms with Gasteiger partial charge in [-0.3, -0.25) is 4.79 Å². The van der Waals surface area contributed by atoms with E-state index in [2.05, 4.69) is 24.5 Å². The molecule has 1 heterocycles. The van der Waals surface area contributed by atoms with Gasteiger partial charge >= 0.3 is 0 Å². The Kier molecular flexibility index (Phi) is 2.88. The van der Waals surface area contributed by atoms with Gasteiger partial charge in [0.1, 0.15) is 0 Å². The van der Waals surface area contributed by atoms with Gasteiger partial charge in [0.25, 0.3) is 0 Å². The number of nitrogens with one attached hydrogen (secondary N) is 2. The highest BCUT2D eigenvalue weighted by Gasteiger charge is 2.23. The third-order valence-corrected chi connectivity index (χ3v) is 1.82. The van der Waals surface area contributed by atoms with E-state index in [1.165, 1.54) is 0 Å². The summed E-state index contributed by atoms with van der Waals surface area (Å²) < 4.78 is 0. The summed E-state index contributed by atoms with van der Waals surface area (Å²) in [5, 5.41) is 5.94. The molecule has 1 fully saturated rings. The minimum Gasteiger partial charge on any atom is -0.354 e. The van der Waals surface area contributed by atoms with E-state index in [-0.39, 0.29) is 11.9 Å². The van der Waals surface area contributed by atoms with E-state index in [4.69, 9.17) is 0 Å². The maximum atomic E-state index is 11.2. The van der Waals surface area contributed by atoms with E-state index in [0.29, 0.717) is 5.92 Å². The Balaban J connectivity index is 2.10. The van der Waals surface area contributed by atoms with Gasteiger partial charge in [-0.05, 0) is 18.9 Å². The molecule has 0 aromatic rings. The van der Waals surface area contributed by atoms with Crippen molar-refractivity contribution in [2.75, 3.05) is 13.1 Å². The molecule has 3 heteroatoms. The lowest BCUT2D eigenvalue weighted by atomic mass is 10.1. The molecule has 11 heavy (non-hydrogen) atoms. The Morgan fingerprint density at radius 3 is 2.73 bits per heavy atom. The summed E-state index contributed by atoms with van der Waals surface area (Å²) in [6.45, 7) is 5.96. The molecule has 0 bridgehead atoms. The monoisotopic (exact) mass is 156 g/mol. The van der Waals surface area contributed by atoms with Crippen molar-refractivity contribution in [1.82, 2.24) is 10.6 Å². The van der Waals surface area contributed by atoms with Crippen LogP contribution in [0.5, 0.6) is 0 Å². The van der Waals surface area contributed by atoms with E-state index < -0.39 is 0 Å². The first-order valence-electron chi connectivity index (χ1n) is 4.21. The molecule has 1 unspecified atom stereocenters. The molecule has 0 aromatic carbocycles. The van der Waals surface area contributed by atoms with Gasteiger partial charge in [-0.1, -0.05) is 13.8 Å². The Labute approximate surface area is 67.5 Å². The Morgan fingerprint density at radius 2 is 2.36 bits per heavy atom. The van der Waals surface area contributed by atoms with Crippen LogP contribution in [0.2, 0.25) is 0 Å². The van der Waals surface area contributed by atoms with Crippen LogP contribution in [0.4, 0.5) is 0 Å². The van der Waals surface area contributed by atoms with Gasteiger partial charge < -0.3 is 10.6 Å². The molecule has 0 saturated carbocycles. The van der Waals surface area contributed by atoms with Crippen molar-refractivity contribution < 1.29 is 4.79 Å². The van der Waals surface area contributed by atoms with E-state index in [1.807, 2.05) is 0 Å². The molecule has 2 N–H and O–H groups in total. The predicted molar refractivity (Wildman–Crippen MR) is 44.3 cm³/mol. The minimum absolute atomic E-state index is 0.0914. The highest BCUT2D eigenvalue weighted by atomic mass is 16.2. The number of hydrogen-bond donors (Lipinski definition) is 2. The average molecular weight is 156 g/mol. The van der Waals surface area contributed by atoms with Gasteiger partial charge in [-0.2, -0.15) is 0 Å². The average Bonchev–Trinajstić information content (AvgIpc) is 1.79. The quantitative estimate of drug-likeness (QED) is 0.609. The van der Waals surface area contributed by atoms with Gasteiger partial charge in [0.2, 0.25) is 5.91 Å². The van der Waals surface area contributed by atoms with Crippen molar-refractivity contribution in [3.8, 4) is 0 Å². The maximum Gasteiger partial charge on any atom is 0.237 e. The van der Waals surface area contributed by atoms with Gasteiger partial charge in [0, 0.05) is 6.54 Å². The molecule has 1 amide bonds. The highest BCUT2D eigenvalue weighted by Crippen LogP contribution is 2.01. The lowest BCUT2D eigenvalue weighted by Crippen LogP contribution is -2.53. The number of hydrogen-bond acceptors (Lipinski definition) is 2. The molecule has 0 aliphatic carbocycles. The van der Waals surface area contributed by atoms with Crippen LogP contribution in [0.25, 0.3) is 0 Å². The van der Waals surface area contributed by atoms with Crippen LogP contribution in [0.15, 0.2) is 0 Å². The zero-order chi connectivity index (χ0) is 8.27. The van der Waals surface area contributed by atoms with Gasteiger partial charge in [0.15, 0.2) is 0 Å². The molecule has 0 spiro atoms. The SMILES string of the molecule is CC(C)CNC(=O)C1CCN1. The summed E-state index contributed by atoms with van der Waals surface area (Å²) in [5.41, 5.74) is 0. The molecule has 1 rings (SSSR count). The van der Waals surface area contributed by atoms with Crippen molar-refractivity contribution in [2.45, 2.75) is 26.3 Å². The maximum absolute atomic E-state index is 11.2. The van der Waals surface area contributed by atoms with Gasteiger partial charge in [-0.25, -0.2) is 0 Å². The van der Waals surface area contributed by atoms with Crippen LogP contribution >= 0.6 is 0 Å². The smallest absolute Gasteiger partial charge is 0.237 e. The second-order valence-corrected chi connectivity index (χ2v) is 3.43. The Morgan fingerprint density at radius 1 is 1.73 bits per heavy atom. The lowest BCUT2D eigenvalue weighted by Gasteiger charge is -2.26. The molecule has 1 atom stereocenters. The molecule has 0 radical (unpaired) electrons. The first-order chi connectivity index (χ1) is 5.20. The third-order valence-electron chi connectivity index (χ3n) is 1.82. The fraction of sp³-hybridized carbons (Fsp3) is 0.875. The van der Waals surface area contributed by atoms with E-state index >= 15 is 0 Å². The lowest BCUT2D eigenvalue weighted by molar-refractivity contribution is -0.124. The van der Waals surface area contributed by atoms with Crippen LogP contribution in [0, 0.1) is 5.92 Å². The third kappa shape index (κ3) is 2.50. The standard InChI is InChI=1S/C8H16N2O/c1-6(2)5-10-8(11)7-3-4-9-7/h6-7,9H,3-5H2,1-2H3,(H,10,11). The summed E-state index contributed by atoms with van der Waals surface area (Å²) >= 11 is 0. The second kappa shape index (κ2) is 3.72. The summed E-state index contributed by atoms with van der Waals surface area (Å²) in [5.74, 6) is 0.698. The van der Waals surface area contributed by atoms with Crippen molar-refractivity contribution in [1.29, 1.82) is 0 Å². The van der Waals surface area contributed by atoms with Crippen LogP contribution in [-0.2, 0) is 4.79 Å².